The summed E-state index contributed by atoms with van der Waals surface area (Å²) in [7, 11) is 3.14. The summed E-state index contributed by atoms with van der Waals surface area (Å²) in [6.07, 6.45) is 0. The summed E-state index contributed by atoms with van der Waals surface area (Å²) in [5.41, 5.74) is 5.41. The second-order valence-electron chi connectivity index (χ2n) is 5.89. The number of benzene rings is 1. The second kappa shape index (κ2) is 7.40. The minimum Gasteiger partial charge on any atom is -0.497 e. The highest BCUT2D eigenvalue weighted by Crippen LogP contribution is 2.25. The number of nitrogens with one attached hydrogen (secondary N) is 1. The molecule has 0 aliphatic rings. The molecule has 3 aromatic rings. The maximum absolute atomic E-state index is 12.4. The van der Waals surface area contributed by atoms with Gasteiger partial charge in [-0.3, -0.25) is 4.79 Å². The lowest BCUT2D eigenvalue weighted by atomic mass is 10.1. The highest BCUT2D eigenvalue weighted by molar-refractivity contribution is 6.02. The third-order valence-corrected chi connectivity index (χ3v) is 3.95. The molecular formula is C18H20N6O3. The van der Waals surface area contributed by atoms with Gasteiger partial charge in [0, 0.05) is 23.0 Å². The Morgan fingerprint density at radius 3 is 2.63 bits per heavy atom. The Hall–Kier alpha value is -3.49. The zero-order valence-corrected chi connectivity index (χ0v) is 15.8. The van der Waals surface area contributed by atoms with Gasteiger partial charge in [-0.05, 0) is 39.0 Å². The first-order chi connectivity index (χ1) is 12.9. The van der Waals surface area contributed by atoms with Crippen LogP contribution >= 0.6 is 0 Å². The van der Waals surface area contributed by atoms with Crippen molar-refractivity contribution in [1.29, 1.82) is 0 Å². The molecule has 1 amide bonds. The van der Waals surface area contributed by atoms with E-state index in [1.165, 1.54) is 4.52 Å². The lowest BCUT2D eigenvalue weighted by Crippen LogP contribution is -2.21. The number of aromatic nitrogens is 4. The summed E-state index contributed by atoms with van der Waals surface area (Å²) in [5.74, 6) is 1.10. The van der Waals surface area contributed by atoms with E-state index in [-0.39, 0.29) is 5.82 Å². The Morgan fingerprint density at radius 2 is 1.93 bits per heavy atom. The quantitative estimate of drug-likeness (QED) is 0.545. The number of hydrogen-bond donors (Lipinski definition) is 1. The molecule has 2 aromatic heterocycles. The van der Waals surface area contributed by atoms with Crippen molar-refractivity contribution in [3.63, 3.8) is 0 Å². The molecule has 0 fully saturated rings. The first-order valence-corrected chi connectivity index (χ1v) is 8.21. The maximum atomic E-state index is 12.4. The first kappa shape index (κ1) is 18.3. The van der Waals surface area contributed by atoms with E-state index in [0.717, 1.165) is 17.0 Å². The molecule has 0 aliphatic carbocycles. The van der Waals surface area contributed by atoms with Crippen molar-refractivity contribution in [3.8, 4) is 11.5 Å². The van der Waals surface area contributed by atoms with E-state index in [4.69, 9.17) is 9.47 Å². The van der Waals surface area contributed by atoms with Crippen molar-refractivity contribution in [1.82, 2.24) is 25.0 Å². The average molecular weight is 368 g/mol. The first-order valence-electron chi connectivity index (χ1n) is 8.21. The van der Waals surface area contributed by atoms with Crippen molar-refractivity contribution in [2.75, 3.05) is 14.2 Å². The number of amides is 1. The highest BCUT2D eigenvalue weighted by atomic mass is 16.5. The molecule has 27 heavy (non-hydrogen) atoms. The van der Waals surface area contributed by atoms with Crippen LogP contribution in [-0.2, 0) is 0 Å². The van der Waals surface area contributed by atoms with Gasteiger partial charge in [0.2, 0.25) is 5.82 Å². The van der Waals surface area contributed by atoms with E-state index in [1.807, 2.05) is 26.0 Å². The Bertz CT molecular complexity index is 1040. The van der Waals surface area contributed by atoms with Crippen LogP contribution in [0.15, 0.2) is 29.4 Å². The van der Waals surface area contributed by atoms with Gasteiger partial charge in [-0.15, -0.1) is 5.10 Å². The normalized spacial score (nSPS) is 11.5. The van der Waals surface area contributed by atoms with Crippen LogP contribution in [0.4, 0.5) is 0 Å². The highest BCUT2D eigenvalue weighted by Gasteiger charge is 2.15. The minimum atomic E-state index is -0.524. The molecule has 0 saturated carbocycles. The number of rotatable bonds is 5. The van der Waals surface area contributed by atoms with Gasteiger partial charge < -0.3 is 9.47 Å². The average Bonchev–Trinajstić information content (AvgIpc) is 3.09. The van der Waals surface area contributed by atoms with Crippen LogP contribution in [0, 0.1) is 13.8 Å². The molecule has 9 heteroatoms. The van der Waals surface area contributed by atoms with E-state index in [2.05, 4.69) is 25.6 Å². The SMILES string of the molecule is COc1ccc(C(C)=NNC(=O)c2nc3nc(C)cc(C)n3n2)c(OC)c1. The van der Waals surface area contributed by atoms with Gasteiger partial charge in [0.1, 0.15) is 11.5 Å². The summed E-state index contributed by atoms with van der Waals surface area (Å²) in [5, 5.41) is 8.31. The van der Waals surface area contributed by atoms with Crippen LogP contribution in [0.25, 0.3) is 5.78 Å². The lowest BCUT2D eigenvalue weighted by molar-refractivity contribution is 0.0944. The van der Waals surface area contributed by atoms with Crippen molar-refractivity contribution < 1.29 is 14.3 Å². The predicted molar refractivity (Wildman–Crippen MR) is 99.5 cm³/mol. The largest absolute Gasteiger partial charge is 0.497 e. The third kappa shape index (κ3) is 3.71. The standard InChI is InChI=1S/C18H20N6O3/c1-10-8-11(2)24-18(19-10)20-16(23-24)17(25)22-21-12(3)14-7-6-13(26-4)9-15(14)27-5/h6-9H,1-5H3,(H,22,25). The zero-order valence-electron chi connectivity index (χ0n) is 15.8. The van der Waals surface area contributed by atoms with Gasteiger partial charge in [0.25, 0.3) is 5.78 Å². The number of aryl methyl sites for hydroxylation is 2. The van der Waals surface area contributed by atoms with Crippen molar-refractivity contribution in [3.05, 3.63) is 47.0 Å². The van der Waals surface area contributed by atoms with Crippen LogP contribution < -0.4 is 14.9 Å². The molecular weight excluding hydrogens is 348 g/mol. The molecule has 1 N–H and O–H groups in total. The van der Waals surface area contributed by atoms with Gasteiger partial charge >= 0.3 is 5.91 Å². The molecule has 3 rings (SSSR count). The second-order valence-corrected chi connectivity index (χ2v) is 5.89. The summed E-state index contributed by atoms with van der Waals surface area (Å²) < 4.78 is 12.1. The number of hydrogen-bond acceptors (Lipinski definition) is 7. The van der Waals surface area contributed by atoms with Gasteiger partial charge in [-0.25, -0.2) is 14.9 Å². The molecule has 140 valence electrons. The van der Waals surface area contributed by atoms with E-state index in [0.29, 0.717) is 23.0 Å². The number of methoxy groups -OCH3 is 2. The molecule has 9 nitrogen and oxygen atoms in total. The van der Waals surface area contributed by atoms with Crippen LogP contribution in [0.5, 0.6) is 11.5 Å². The number of nitrogens with zero attached hydrogens (tertiary/aromatic N) is 5. The molecule has 0 unspecified atom stereocenters. The predicted octanol–water partition coefficient (Wildman–Crippen LogP) is 1.91. The summed E-state index contributed by atoms with van der Waals surface area (Å²) in [4.78, 5) is 20.8. The fourth-order valence-corrected chi connectivity index (χ4v) is 2.60. The van der Waals surface area contributed by atoms with Crippen LogP contribution in [-0.4, -0.2) is 45.4 Å². The Morgan fingerprint density at radius 1 is 1.15 bits per heavy atom. The molecule has 0 aliphatic heterocycles. The van der Waals surface area contributed by atoms with E-state index < -0.39 is 5.91 Å². The summed E-state index contributed by atoms with van der Waals surface area (Å²) >= 11 is 0. The van der Waals surface area contributed by atoms with Crippen molar-refractivity contribution in [2.45, 2.75) is 20.8 Å². The molecule has 0 spiro atoms. The Labute approximate surface area is 156 Å². The molecule has 0 atom stereocenters. The van der Waals surface area contributed by atoms with Gasteiger partial charge in [0.05, 0.1) is 19.9 Å². The lowest BCUT2D eigenvalue weighted by Gasteiger charge is -2.10. The topological polar surface area (TPSA) is 103 Å². The molecule has 0 radical (unpaired) electrons. The minimum absolute atomic E-state index is 0.00514. The molecule has 2 heterocycles. The van der Waals surface area contributed by atoms with E-state index >= 15 is 0 Å². The number of carbonyl (C=O) groups excluding carboxylic acids is 1. The summed E-state index contributed by atoms with van der Waals surface area (Å²) in [6, 6.07) is 7.21. The number of carbonyl (C=O) groups is 1. The fourth-order valence-electron chi connectivity index (χ4n) is 2.60. The fraction of sp³-hybridized carbons (Fsp3) is 0.278. The Kier molecular flexibility index (Phi) is 5.02. The van der Waals surface area contributed by atoms with Crippen LogP contribution in [0.2, 0.25) is 0 Å². The van der Waals surface area contributed by atoms with Crippen molar-refractivity contribution >= 4 is 17.4 Å². The monoisotopic (exact) mass is 368 g/mol. The van der Waals surface area contributed by atoms with Gasteiger partial charge in [-0.1, -0.05) is 0 Å². The molecule has 1 aromatic carbocycles. The van der Waals surface area contributed by atoms with E-state index in [9.17, 15) is 4.79 Å². The van der Waals surface area contributed by atoms with Crippen molar-refractivity contribution in [2.24, 2.45) is 5.10 Å². The summed E-state index contributed by atoms with van der Waals surface area (Å²) in [6.45, 7) is 5.49. The number of fused-ring (bicyclic) bond motifs is 1. The van der Waals surface area contributed by atoms with Crippen LogP contribution in [0.1, 0.15) is 34.5 Å². The zero-order chi connectivity index (χ0) is 19.6. The number of hydrazone groups is 1. The molecule has 0 bridgehead atoms. The van der Waals surface area contributed by atoms with E-state index in [1.54, 1.807) is 33.3 Å². The van der Waals surface area contributed by atoms with Gasteiger partial charge in [0.15, 0.2) is 0 Å². The van der Waals surface area contributed by atoms with Gasteiger partial charge in [-0.2, -0.15) is 10.1 Å². The third-order valence-electron chi connectivity index (χ3n) is 3.95. The Balaban J connectivity index is 1.83. The maximum Gasteiger partial charge on any atom is 0.311 e. The van der Waals surface area contributed by atoms with Crippen LogP contribution in [0.3, 0.4) is 0 Å². The number of ether oxygens (including phenoxy) is 2. The smallest absolute Gasteiger partial charge is 0.311 e. The molecule has 0 saturated heterocycles.